The lowest BCUT2D eigenvalue weighted by Crippen LogP contribution is -2.40. The van der Waals surface area contributed by atoms with Crippen molar-refractivity contribution in [3.63, 3.8) is 0 Å². The Labute approximate surface area is 112 Å². The lowest BCUT2D eigenvalue weighted by Gasteiger charge is -2.27. The summed E-state index contributed by atoms with van der Waals surface area (Å²) in [7, 11) is 1.50. The summed E-state index contributed by atoms with van der Waals surface area (Å²) in [6, 6.07) is 4.43. The number of methoxy groups -OCH3 is 1. The predicted octanol–water partition coefficient (Wildman–Crippen LogP) is 2.16. The van der Waals surface area contributed by atoms with Gasteiger partial charge in [-0.1, -0.05) is 0 Å². The van der Waals surface area contributed by atoms with Crippen molar-refractivity contribution in [2.45, 2.75) is 25.8 Å². The number of benzene rings is 1. The van der Waals surface area contributed by atoms with Gasteiger partial charge in [-0.05, 0) is 38.4 Å². The first-order valence-corrected chi connectivity index (χ1v) is 6.48. The number of halogens is 1. The highest BCUT2D eigenvalue weighted by molar-refractivity contribution is 5.94. The summed E-state index contributed by atoms with van der Waals surface area (Å²) in [5.41, 5.74) is 0.388. The summed E-state index contributed by atoms with van der Waals surface area (Å²) in [5.74, 6) is -0.0343. The molecule has 1 aliphatic heterocycles. The number of piperidine rings is 1. The van der Waals surface area contributed by atoms with Crippen LogP contribution in [0.1, 0.15) is 19.8 Å². The Morgan fingerprint density at radius 1 is 1.53 bits per heavy atom. The standard InChI is InChI=1S/C14H19FN2O2/c1-9-7-10(5-6-16-9)14(18)17-12-8-11(15)3-4-13(12)19-2/h3-4,8-10,16H,5-7H2,1-2H3,(H,17,18)/t9-,10-/m0/s1. The molecule has 0 radical (unpaired) electrons. The minimum Gasteiger partial charge on any atom is -0.495 e. The highest BCUT2D eigenvalue weighted by Gasteiger charge is 2.25. The molecule has 2 rings (SSSR count). The number of ether oxygens (including phenoxy) is 1. The number of hydrogen-bond acceptors (Lipinski definition) is 3. The number of amides is 1. The van der Waals surface area contributed by atoms with Crippen LogP contribution in [0, 0.1) is 11.7 Å². The highest BCUT2D eigenvalue weighted by Crippen LogP contribution is 2.26. The molecule has 5 heteroatoms. The first-order valence-electron chi connectivity index (χ1n) is 6.48. The second kappa shape index (κ2) is 6.02. The zero-order valence-electron chi connectivity index (χ0n) is 11.2. The van der Waals surface area contributed by atoms with Gasteiger partial charge in [0.1, 0.15) is 11.6 Å². The van der Waals surface area contributed by atoms with Gasteiger partial charge in [0.25, 0.3) is 0 Å². The fraction of sp³-hybridized carbons (Fsp3) is 0.500. The van der Waals surface area contributed by atoms with Gasteiger partial charge in [-0.2, -0.15) is 0 Å². The lowest BCUT2D eigenvalue weighted by molar-refractivity contribution is -0.120. The van der Waals surface area contributed by atoms with Gasteiger partial charge < -0.3 is 15.4 Å². The minimum atomic E-state index is -0.394. The van der Waals surface area contributed by atoms with Crippen molar-refractivity contribution in [3.8, 4) is 5.75 Å². The zero-order valence-corrected chi connectivity index (χ0v) is 11.2. The predicted molar refractivity (Wildman–Crippen MR) is 71.8 cm³/mol. The Morgan fingerprint density at radius 2 is 2.32 bits per heavy atom. The molecule has 2 atom stereocenters. The molecule has 1 heterocycles. The third-order valence-electron chi connectivity index (χ3n) is 3.41. The average Bonchev–Trinajstić information content (AvgIpc) is 2.39. The van der Waals surface area contributed by atoms with Crippen molar-refractivity contribution in [1.82, 2.24) is 5.32 Å². The summed E-state index contributed by atoms with van der Waals surface area (Å²) in [6.07, 6.45) is 1.59. The average molecular weight is 266 g/mol. The molecule has 104 valence electrons. The van der Waals surface area contributed by atoms with E-state index in [2.05, 4.69) is 17.6 Å². The van der Waals surface area contributed by atoms with Gasteiger partial charge >= 0.3 is 0 Å². The fourth-order valence-corrected chi connectivity index (χ4v) is 2.38. The van der Waals surface area contributed by atoms with Crippen LogP contribution in [-0.2, 0) is 4.79 Å². The van der Waals surface area contributed by atoms with Gasteiger partial charge in [0.05, 0.1) is 12.8 Å². The van der Waals surface area contributed by atoms with Crippen LogP contribution in [0.4, 0.5) is 10.1 Å². The van der Waals surface area contributed by atoms with Crippen molar-refractivity contribution < 1.29 is 13.9 Å². The number of nitrogens with one attached hydrogen (secondary N) is 2. The SMILES string of the molecule is COc1ccc(F)cc1NC(=O)[C@H]1CCN[C@@H](C)C1. The van der Waals surface area contributed by atoms with E-state index in [1.54, 1.807) is 0 Å². The van der Waals surface area contributed by atoms with Gasteiger partial charge in [0.15, 0.2) is 0 Å². The van der Waals surface area contributed by atoms with Crippen LogP contribution < -0.4 is 15.4 Å². The topological polar surface area (TPSA) is 50.4 Å². The molecule has 1 aromatic carbocycles. The summed E-state index contributed by atoms with van der Waals surface area (Å²) >= 11 is 0. The van der Waals surface area contributed by atoms with Crippen LogP contribution in [0.5, 0.6) is 5.75 Å². The summed E-state index contributed by atoms with van der Waals surface area (Å²) in [5, 5.41) is 6.06. The van der Waals surface area contributed by atoms with E-state index in [1.807, 2.05) is 0 Å². The van der Waals surface area contributed by atoms with E-state index in [4.69, 9.17) is 4.74 Å². The number of carbonyl (C=O) groups is 1. The van der Waals surface area contributed by atoms with Gasteiger partial charge in [-0.25, -0.2) is 4.39 Å². The largest absolute Gasteiger partial charge is 0.495 e. The zero-order chi connectivity index (χ0) is 13.8. The Bertz CT molecular complexity index is 465. The first-order chi connectivity index (χ1) is 9.10. The molecule has 1 amide bonds. The molecule has 0 unspecified atom stereocenters. The van der Waals surface area contributed by atoms with Crippen LogP contribution >= 0.6 is 0 Å². The van der Waals surface area contributed by atoms with Gasteiger partial charge in [-0.15, -0.1) is 0 Å². The van der Waals surface area contributed by atoms with E-state index >= 15 is 0 Å². The van der Waals surface area contributed by atoms with Crippen LogP contribution in [-0.4, -0.2) is 25.6 Å². The molecule has 2 N–H and O–H groups in total. The molecular formula is C14H19FN2O2. The smallest absolute Gasteiger partial charge is 0.227 e. The van der Waals surface area contributed by atoms with Crippen LogP contribution in [0.3, 0.4) is 0 Å². The van der Waals surface area contributed by atoms with Crippen molar-refractivity contribution in [1.29, 1.82) is 0 Å². The number of hydrogen-bond donors (Lipinski definition) is 2. The normalized spacial score (nSPS) is 22.9. The quantitative estimate of drug-likeness (QED) is 0.881. The Balaban J connectivity index is 2.07. The lowest BCUT2D eigenvalue weighted by atomic mass is 9.92. The third-order valence-corrected chi connectivity index (χ3v) is 3.41. The first kappa shape index (κ1) is 13.8. The molecule has 0 spiro atoms. The number of anilines is 1. The molecule has 1 fully saturated rings. The Morgan fingerprint density at radius 3 is 3.00 bits per heavy atom. The summed E-state index contributed by atoms with van der Waals surface area (Å²) < 4.78 is 18.3. The van der Waals surface area contributed by atoms with E-state index in [9.17, 15) is 9.18 Å². The van der Waals surface area contributed by atoms with Crippen molar-refractivity contribution in [2.75, 3.05) is 19.0 Å². The maximum absolute atomic E-state index is 13.2. The highest BCUT2D eigenvalue weighted by atomic mass is 19.1. The summed E-state index contributed by atoms with van der Waals surface area (Å²) in [6.45, 7) is 2.89. The van der Waals surface area contributed by atoms with Crippen molar-refractivity contribution in [3.05, 3.63) is 24.0 Å². The minimum absolute atomic E-state index is 0.0378. The van der Waals surface area contributed by atoms with Crippen LogP contribution in [0.25, 0.3) is 0 Å². The van der Waals surface area contributed by atoms with Crippen LogP contribution in [0.2, 0.25) is 0 Å². The second-order valence-electron chi connectivity index (χ2n) is 4.91. The molecule has 4 nitrogen and oxygen atoms in total. The maximum Gasteiger partial charge on any atom is 0.227 e. The Kier molecular flexibility index (Phi) is 4.37. The van der Waals surface area contributed by atoms with E-state index in [0.717, 1.165) is 19.4 Å². The number of carbonyl (C=O) groups excluding carboxylic acids is 1. The molecule has 0 aromatic heterocycles. The molecule has 0 saturated carbocycles. The van der Waals surface area contributed by atoms with E-state index < -0.39 is 5.82 Å². The van der Waals surface area contributed by atoms with E-state index in [0.29, 0.717) is 17.5 Å². The maximum atomic E-state index is 13.2. The molecule has 0 aliphatic carbocycles. The molecule has 1 saturated heterocycles. The van der Waals surface area contributed by atoms with Crippen molar-refractivity contribution >= 4 is 11.6 Å². The van der Waals surface area contributed by atoms with Gasteiger partial charge in [0.2, 0.25) is 5.91 Å². The monoisotopic (exact) mass is 266 g/mol. The summed E-state index contributed by atoms with van der Waals surface area (Å²) in [4.78, 5) is 12.2. The number of rotatable bonds is 3. The van der Waals surface area contributed by atoms with Crippen LogP contribution in [0.15, 0.2) is 18.2 Å². The second-order valence-corrected chi connectivity index (χ2v) is 4.91. The van der Waals surface area contributed by atoms with Crippen molar-refractivity contribution in [2.24, 2.45) is 5.92 Å². The molecule has 1 aliphatic rings. The third kappa shape index (κ3) is 3.44. The van der Waals surface area contributed by atoms with E-state index in [1.165, 1.54) is 25.3 Å². The molecule has 0 bridgehead atoms. The van der Waals surface area contributed by atoms with Gasteiger partial charge in [0, 0.05) is 18.0 Å². The Hall–Kier alpha value is -1.62. The van der Waals surface area contributed by atoms with Gasteiger partial charge in [-0.3, -0.25) is 4.79 Å². The fourth-order valence-electron chi connectivity index (χ4n) is 2.38. The molecule has 19 heavy (non-hydrogen) atoms. The van der Waals surface area contributed by atoms with E-state index in [-0.39, 0.29) is 11.8 Å². The molecular weight excluding hydrogens is 247 g/mol. The molecule has 1 aromatic rings.